The van der Waals surface area contributed by atoms with Crippen molar-refractivity contribution in [2.24, 2.45) is 0 Å². The predicted molar refractivity (Wildman–Crippen MR) is 192 cm³/mol. The van der Waals surface area contributed by atoms with Crippen molar-refractivity contribution in [3.8, 4) is 61.8 Å². The monoisotopic (exact) mass is 598 g/mol. The number of fused-ring (bicyclic) bond motifs is 7. The highest BCUT2D eigenvalue weighted by atomic mass is 15.1. The summed E-state index contributed by atoms with van der Waals surface area (Å²) < 4.78 is 2.34. The fourth-order valence-electron chi connectivity index (χ4n) is 7.14. The molecule has 47 heavy (non-hydrogen) atoms. The topological polar surface area (TPSA) is 43.6 Å². The zero-order valence-electron chi connectivity index (χ0n) is 25.3. The second-order valence-electron chi connectivity index (χ2n) is 12.1. The number of nitrogens with zero attached hydrogens (tertiary/aromatic N) is 4. The van der Waals surface area contributed by atoms with Crippen molar-refractivity contribution in [2.45, 2.75) is 0 Å². The summed E-state index contributed by atoms with van der Waals surface area (Å²) in [5, 5.41) is 2.38. The van der Waals surface area contributed by atoms with Crippen LogP contribution in [0, 0.1) is 0 Å². The third kappa shape index (κ3) is 3.98. The van der Waals surface area contributed by atoms with Crippen LogP contribution in [0.3, 0.4) is 0 Å². The number of benzene rings is 7. The lowest BCUT2D eigenvalue weighted by Gasteiger charge is -2.14. The fourth-order valence-corrected chi connectivity index (χ4v) is 7.14. The van der Waals surface area contributed by atoms with Gasteiger partial charge >= 0.3 is 0 Å². The van der Waals surface area contributed by atoms with Crippen LogP contribution in [0.5, 0.6) is 0 Å². The van der Waals surface area contributed by atoms with Crippen LogP contribution >= 0.6 is 0 Å². The smallest absolute Gasteiger partial charge is 0.145 e. The molecule has 0 N–H and O–H groups in total. The lowest BCUT2D eigenvalue weighted by atomic mass is 9.94. The van der Waals surface area contributed by atoms with Gasteiger partial charge in [0.05, 0.1) is 39.1 Å². The zero-order valence-corrected chi connectivity index (χ0v) is 25.3. The largest absolute Gasteiger partial charge is 0.291 e. The van der Waals surface area contributed by atoms with Gasteiger partial charge in [-0.25, -0.2) is 15.0 Å². The fraction of sp³-hybridized carbons (Fsp3) is 0. The number of rotatable bonds is 3. The van der Waals surface area contributed by atoms with Crippen molar-refractivity contribution in [2.75, 3.05) is 0 Å². The molecule has 0 atom stereocenters. The second-order valence-corrected chi connectivity index (χ2v) is 12.1. The standard InChI is InChI=1S/C43H26N4/c1-2-11-30-26-31(25-20-27(30)10-1)41-40(44-36-16-6-7-17-37(36)45-41)28-21-23-29(24-22-28)43-46-38-18-9-15-35-33-13-4-3-12-32(33)34-14-5-8-19-39(34)47(43)42(35)38/h1-26H. The van der Waals surface area contributed by atoms with Crippen LogP contribution in [0.4, 0.5) is 0 Å². The minimum absolute atomic E-state index is 0.861. The van der Waals surface area contributed by atoms with Gasteiger partial charge in [-0.15, -0.1) is 0 Å². The van der Waals surface area contributed by atoms with Crippen LogP contribution in [0.25, 0.3) is 94.7 Å². The van der Waals surface area contributed by atoms with Gasteiger partial charge < -0.3 is 0 Å². The van der Waals surface area contributed by atoms with Crippen LogP contribution < -0.4 is 0 Å². The molecular weight excluding hydrogens is 573 g/mol. The average molecular weight is 599 g/mol. The molecule has 4 heteroatoms. The van der Waals surface area contributed by atoms with Gasteiger partial charge in [-0.1, -0.05) is 127 Å². The number of hydrogen-bond acceptors (Lipinski definition) is 3. The maximum atomic E-state index is 5.24. The maximum absolute atomic E-state index is 5.24. The first kappa shape index (κ1) is 25.9. The second kappa shape index (κ2) is 10.1. The van der Waals surface area contributed by atoms with Crippen LogP contribution in [0.1, 0.15) is 0 Å². The van der Waals surface area contributed by atoms with E-state index in [-0.39, 0.29) is 0 Å². The molecular formula is C43H26N4. The number of aromatic nitrogens is 4. The summed E-state index contributed by atoms with van der Waals surface area (Å²) in [7, 11) is 0. The van der Waals surface area contributed by atoms with Gasteiger partial charge in [-0.3, -0.25) is 4.57 Å². The van der Waals surface area contributed by atoms with Crippen molar-refractivity contribution in [3.05, 3.63) is 158 Å². The molecule has 0 amide bonds. The van der Waals surface area contributed by atoms with E-state index in [0.717, 1.165) is 61.7 Å². The number of para-hydroxylation sites is 4. The van der Waals surface area contributed by atoms with Crippen LogP contribution in [-0.2, 0) is 0 Å². The molecule has 0 radical (unpaired) electrons. The summed E-state index contributed by atoms with van der Waals surface area (Å²) in [4.78, 5) is 15.6. The molecule has 0 unspecified atom stereocenters. The van der Waals surface area contributed by atoms with Crippen molar-refractivity contribution < 1.29 is 0 Å². The Kier molecular flexibility index (Phi) is 5.54. The lowest BCUT2D eigenvalue weighted by molar-refractivity contribution is 1.11. The van der Waals surface area contributed by atoms with E-state index in [4.69, 9.17) is 15.0 Å². The Hall–Kier alpha value is -6.39. The molecule has 0 bridgehead atoms. The van der Waals surface area contributed by atoms with Crippen LogP contribution in [0.15, 0.2) is 158 Å². The predicted octanol–water partition coefficient (Wildman–Crippen LogP) is 10.8. The Bertz CT molecular complexity index is 2680. The molecule has 0 fully saturated rings. The van der Waals surface area contributed by atoms with Crippen molar-refractivity contribution in [3.63, 3.8) is 0 Å². The highest BCUT2D eigenvalue weighted by molar-refractivity contribution is 6.03. The van der Waals surface area contributed by atoms with Crippen molar-refractivity contribution >= 4 is 32.8 Å². The van der Waals surface area contributed by atoms with Crippen LogP contribution in [0.2, 0.25) is 0 Å². The maximum Gasteiger partial charge on any atom is 0.145 e. The van der Waals surface area contributed by atoms with E-state index >= 15 is 0 Å². The third-order valence-corrected chi connectivity index (χ3v) is 9.34. The first-order valence-electron chi connectivity index (χ1n) is 15.9. The quantitative estimate of drug-likeness (QED) is 0.203. The van der Waals surface area contributed by atoms with E-state index in [0.29, 0.717) is 0 Å². The van der Waals surface area contributed by atoms with E-state index in [9.17, 15) is 0 Å². The number of hydrogen-bond donors (Lipinski definition) is 0. The molecule has 2 aromatic heterocycles. The van der Waals surface area contributed by atoms with E-state index in [1.165, 1.54) is 33.0 Å². The Labute approximate surface area is 271 Å². The Morgan fingerprint density at radius 2 is 0.915 bits per heavy atom. The summed E-state index contributed by atoms with van der Waals surface area (Å²) in [5.74, 6) is 0.915. The Morgan fingerprint density at radius 1 is 0.362 bits per heavy atom. The van der Waals surface area contributed by atoms with E-state index < -0.39 is 0 Å². The molecule has 0 spiro atoms. The highest BCUT2D eigenvalue weighted by Crippen LogP contribution is 2.45. The lowest BCUT2D eigenvalue weighted by Crippen LogP contribution is -1.99. The van der Waals surface area contributed by atoms with E-state index in [1.54, 1.807) is 0 Å². The normalized spacial score (nSPS) is 11.8. The first-order valence-corrected chi connectivity index (χ1v) is 15.9. The molecule has 7 aromatic carbocycles. The molecule has 0 aliphatic carbocycles. The van der Waals surface area contributed by atoms with E-state index in [1.807, 2.05) is 24.3 Å². The Morgan fingerprint density at radius 3 is 1.70 bits per heavy atom. The first-order chi connectivity index (χ1) is 23.3. The summed E-state index contributed by atoms with van der Waals surface area (Å²) in [6.45, 7) is 0. The Balaban J connectivity index is 1.16. The van der Waals surface area contributed by atoms with Gasteiger partial charge in [0.25, 0.3) is 0 Å². The minimum atomic E-state index is 0.861. The van der Waals surface area contributed by atoms with Gasteiger partial charge in [0.2, 0.25) is 0 Å². The van der Waals surface area contributed by atoms with Crippen molar-refractivity contribution in [1.82, 2.24) is 19.5 Å². The molecule has 218 valence electrons. The van der Waals surface area contributed by atoms with Gasteiger partial charge in [-0.05, 0) is 52.2 Å². The van der Waals surface area contributed by atoms with Gasteiger partial charge in [-0.2, -0.15) is 0 Å². The third-order valence-electron chi connectivity index (χ3n) is 9.34. The van der Waals surface area contributed by atoms with Crippen molar-refractivity contribution in [1.29, 1.82) is 0 Å². The summed E-state index contributed by atoms with van der Waals surface area (Å²) >= 11 is 0. The van der Waals surface area contributed by atoms with Crippen LogP contribution in [-0.4, -0.2) is 19.5 Å². The molecule has 1 aliphatic heterocycles. The summed E-state index contributed by atoms with van der Waals surface area (Å²) in [6.07, 6.45) is 0. The molecule has 9 aromatic rings. The van der Waals surface area contributed by atoms with Gasteiger partial charge in [0.1, 0.15) is 5.82 Å². The molecule has 0 saturated heterocycles. The summed E-state index contributed by atoms with van der Waals surface area (Å²) in [6, 6.07) is 55.5. The SMILES string of the molecule is c1ccc2c(c1)-c1ccccc1-n1c(-c3ccc(-c4nc5ccccc5nc4-c4ccc5ccccc5c4)cc3)nc3cccc-2c31. The highest BCUT2D eigenvalue weighted by Gasteiger charge is 2.25. The van der Waals surface area contributed by atoms with E-state index in [2.05, 4.69) is 138 Å². The molecule has 0 saturated carbocycles. The van der Waals surface area contributed by atoms with Gasteiger partial charge in [0.15, 0.2) is 0 Å². The molecule has 10 rings (SSSR count). The molecule has 1 aliphatic rings. The average Bonchev–Trinajstić information content (AvgIpc) is 3.48. The summed E-state index contributed by atoms with van der Waals surface area (Å²) in [5.41, 5.74) is 14.7. The minimum Gasteiger partial charge on any atom is -0.291 e. The number of imidazole rings is 1. The molecule has 3 heterocycles. The zero-order chi connectivity index (χ0) is 30.9. The van der Waals surface area contributed by atoms with Gasteiger partial charge in [0, 0.05) is 27.8 Å². The molecule has 4 nitrogen and oxygen atoms in total.